The monoisotopic (exact) mass is 845 g/mol. The Bertz CT molecular complexity index is 2970. The molecule has 0 atom stereocenters. The smallest absolute Gasteiger partial charge is 0.397 e. The van der Waals surface area contributed by atoms with Gasteiger partial charge >= 0.3 is 10.4 Å². The van der Waals surface area contributed by atoms with Crippen LogP contribution in [0.2, 0.25) is 0 Å². The molecule has 1 amide bonds. The number of phenolic OH excluding ortho intramolecular Hbond substituents is 1. The second kappa shape index (κ2) is 14.4. The lowest BCUT2D eigenvalue weighted by molar-refractivity contribution is 0.102. The van der Waals surface area contributed by atoms with E-state index in [1.54, 1.807) is 6.07 Å². The summed E-state index contributed by atoms with van der Waals surface area (Å²) in [4.78, 5) is 9.47. The fourth-order valence-electron chi connectivity index (χ4n) is 5.07. The molecule has 286 valence electrons. The Hall–Kier alpha value is -4.96. The van der Waals surface area contributed by atoms with Gasteiger partial charge in [-0.15, -0.1) is 10.2 Å². The first-order chi connectivity index (χ1) is 24.9. The van der Waals surface area contributed by atoms with Crippen molar-refractivity contribution in [3.8, 4) is 5.75 Å². The van der Waals surface area contributed by atoms with Crippen LogP contribution in [-0.4, -0.2) is 83.7 Å². The third-order valence-electron chi connectivity index (χ3n) is 7.36. The summed E-state index contributed by atoms with van der Waals surface area (Å²) in [5.74, 6) is -2.95. The zero-order valence-electron chi connectivity index (χ0n) is 26.5. The van der Waals surface area contributed by atoms with Gasteiger partial charge in [0, 0.05) is 16.3 Å². The normalized spacial score (nSPS) is 13.1. The summed E-state index contributed by atoms with van der Waals surface area (Å²) in [5.41, 5.74) is -2.26. The van der Waals surface area contributed by atoms with Gasteiger partial charge in [0.2, 0.25) is 0 Å². The summed E-state index contributed by atoms with van der Waals surface area (Å²) in [6.07, 6.45) is 0. The van der Waals surface area contributed by atoms with Crippen LogP contribution in [0.15, 0.2) is 109 Å². The molecular formula is C29H23N3O17S5. The van der Waals surface area contributed by atoms with E-state index in [2.05, 4.69) is 19.7 Å². The molecule has 0 spiro atoms. The van der Waals surface area contributed by atoms with Crippen molar-refractivity contribution in [3.05, 3.63) is 84.4 Å². The minimum Gasteiger partial charge on any atom is -0.505 e. The van der Waals surface area contributed by atoms with E-state index in [4.69, 9.17) is 4.55 Å². The van der Waals surface area contributed by atoms with Gasteiger partial charge in [-0.25, -0.2) is 12.6 Å². The van der Waals surface area contributed by atoms with E-state index >= 15 is 0 Å². The largest absolute Gasteiger partial charge is 0.505 e. The molecular weight excluding hydrogens is 823 g/mol. The highest BCUT2D eigenvalue weighted by Crippen LogP contribution is 2.46. The summed E-state index contributed by atoms with van der Waals surface area (Å²) in [6.45, 7) is -0.968. The van der Waals surface area contributed by atoms with Crippen molar-refractivity contribution in [1.29, 1.82) is 0 Å². The molecule has 25 heteroatoms. The van der Waals surface area contributed by atoms with Gasteiger partial charge < -0.3 is 10.4 Å². The Morgan fingerprint density at radius 3 is 1.93 bits per heavy atom. The van der Waals surface area contributed by atoms with Crippen LogP contribution in [-0.2, 0) is 54.8 Å². The van der Waals surface area contributed by atoms with E-state index in [1.807, 2.05) is 0 Å². The molecule has 0 fully saturated rings. The Labute approximate surface area is 305 Å². The molecule has 5 rings (SSSR count). The molecule has 0 aliphatic heterocycles. The molecule has 5 aromatic carbocycles. The number of carbonyl (C=O) groups excluding carboxylic acids is 1. The topological polar surface area (TPSA) is 335 Å². The SMILES string of the molecule is O=C(Nc1cc(S(=O)(=O)O)cc2cc(S(=O)(=O)O)c(N=Nc3ccc4cc(S(=O)(=O)CCOS(=O)(=O)O)ccc4c3S(=O)(=O)O)c(O)c12)c1ccccc1. The van der Waals surface area contributed by atoms with E-state index in [9.17, 15) is 65.6 Å². The maximum Gasteiger partial charge on any atom is 0.397 e. The van der Waals surface area contributed by atoms with Gasteiger partial charge in [0.25, 0.3) is 36.3 Å². The molecule has 0 unspecified atom stereocenters. The number of nitrogens with one attached hydrogen (secondary N) is 1. The highest BCUT2D eigenvalue weighted by molar-refractivity contribution is 7.91. The number of aromatic hydroxyl groups is 1. The fourth-order valence-corrected chi connectivity index (χ4v) is 8.62. The fraction of sp³-hybridized carbons (Fsp3) is 0.0690. The van der Waals surface area contributed by atoms with Gasteiger partial charge in [-0.1, -0.05) is 30.3 Å². The van der Waals surface area contributed by atoms with Crippen molar-refractivity contribution < 1.29 is 74.4 Å². The minimum absolute atomic E-state index is 0.0433. The zero-order chi connectivity index (χ0) is 40.0. The molecule has 20 nitrogen and oxygen atoms in total. The van der Waals surface area contributed by atoms with Gasteiger partial charge in [-0.05, 0) is 59.3 Å². The van der Waals surface area contributed by atoms with E-state index in [0.29, 0.717) is 12.1 Å². The Morgan fingerprint density at radius 1 is 0.685 bits per heavy atom. The number of hydrogen-bond acceptors (Lipinski definition) is 15. The molecule has 0 radical (unpaired) electrons. The highest BCUT2D eigenvalue weighted by atomic mass is 32.3. The number of anilines is 1. The van der Waals surface area contributed by atoms with Crippen molar-refractivity contribution in [3.63, 3.8) is 0 Å². The molecule has 0 saturated carbocycles. The van der Waals surface area contributed by atoms with Crippen LogP contribution in [0.4, 0.5) is 17.1 Å². The van der Waals surface area contributed by atoms with E-state index in [0.717, 1.165) is 36.4 Å². The van der Waals surface area contributed by atoms with Crippen LogP contribution >= 0.6 is 0 Å². The summed E-state index contributed by atoms with van der Waals surface area (Å²) in [7, 11) is -24.9. The van der Waals surface area contributed by atoms with Gasteiger partial charge in [0.05, 0.1) is 27.8 Å². The quantitative estimate of drug-likeness (QED) is 0.0770. The number of azo groups is 1. The maximum atomic E-state index is 13.0. The third-order valence-corrected chi connectivity index (χ3v) is 12.1. The van der Waals surface area contributed by atoms with Gasteiger partial charge in [-0.2, -0.15) is 33.7 Å². The van der Waals surface area contributed by atoms with Crippen molar-refractivity contribution in [1.82, 2.24) is 0 Å². The molecule has 0 aliphatic carbocycles. The lowest BCUT2D eigenvalue weighted by atomic mass is 10.1. The number of nitrogens with zero attached hydrogens (tertiary/aromatic N) is 2. The highest BCUT2D eigenvalue weighted by Gasteiger charge is 2.27. The van der Waals surface area contributed by atoms with Crippen LogP contribution in [0.25, 0.3) is 21.5 Å². The van der Waals surface area contributed by atoms with Crippen LogP contribution in [0.1, 0.15) is 10.4 Å². The number of phenols is 1. The molecule has 0 aliphatic rings. The van der Waals surface area contributed by atoms with E-state index < -0.39 is 122 Å². The number of benzene rings is 5. The Balaban J connectivity index is 1.69. The summed E-state index contributed by atoms with van der Waals surface area (Å²) < 4.78 is 164. The maximum absolute atomic E-state index is 13.0. The van der Waals surface area contributed by atoms with Crippen LogP contribution in [0.3, 0.4) is 0 Å². The van der Waals surface area contributed by atoms with Crippen molar-refractivity contribution in [2.45, 2.75) is 19.6 Å². The van der Waals surface area contributed by atoms with Crippen LogP contribution in [0, 0.1) is 0 Å². The number of carbonyl (C=O) groups is 1. The standard InChI is InChI=1S/C29H23N3O17S5/c33-27-25-18(13-20(51(37,38)39)15-23(25)30-29(34)16-4-2-1-3-5-16)14-24(52(40,41)42)26(27)32-31-22-9-6-17-12-19(7-8-21(17)28(22)53(43,44)45)50(35,36)11-10-49-54(46,47)48/h1-9,12-15,33H,10-11H2,(H,30,34)(H,37,38,39)(H,40,41,42)(H,43,44,45)(H,46,47,48). The molecule has 0 heterocycles. The van der Waals surface area contributed by atoms with E-state index in [-0.39, 0.29) is 16.3 Å². The lowest BCUT2D eigenvalue weighted by Gasteiger charge is -2.15. The lowest BCUT2D eigenvalue weighted by Crippen LogP contribution is -2.15. The van der Waals surface area contributed by atoms with Gasteiger partial charge in [0.15, 0.2) is 15.6 Å². The van der Waals surface area contributed by atoms with Crippen molar-refractivity contribution in [2.75, 3.05) is 17.7 Å². The van der Waals surface area contributed by atoms with Crippen molar-refractivity contribution in [2.24, 2.45) is 10.2 Å². The second-order valence-corrected chi connectivity index (χ2v) is 18.3. The Kier molecular flexibility index (Phi) is 10.7. The minimum atomic E-state index is -5.38. The first-order valence-corrected chi connectivity index (χ1v) is 21.7. The number of fused-ring (bicyclic) bond motifs is 2. The van der Waals surface area contributed by atoms with Crippen LogP contribution < -0.4 is 5.32 Å². The third kappa shape index (κ3) is 8.87. The summed E-state index contributed by atoms with van der Waals surface area (Å²) in [5, 5.41) is 19.6. The average Bonchev–Trinajstić information content (AvgIpc) is 3.05. The molecule has 0 aromatic heterocycles. The molecule has 0 saturated heterocycles. The first-order valence-electron chi connectivity index (χ1n) is 14.3. The Morgan fingerprint density at radius 2 is 1.33 bits per heavy atom. The molecule has 54 heavy (non-hydrogen) atoms. The zero-order valence-corrected chi connectivity index (χ0v) is 30.6. The number of sulfone groups is 1. The number of hydrogen-bond donors (Lipinski definition) is 6. The molecule has 5 aromatic rings. The molecule has 0 bridgehead atoms. The van der Waals surface area contributed by atoms with Gasteiger partial charge in [-0.3, -0.25) is 23.0 Å². The second-order valence-electron chi connectivity index (χ2n) is 11.0. The first kappa shape index (κ1) is 40.2. The predicted octanol–water partition coefficient (Wildman–Crippen LogP) is 3.70. The average molecular weight is 846 g/mol. The summed E-state index contributed by atoms with van der Waals surface area (Å²) in [6, 6.07) is 14.1. The number of amides is 1. The number of rotatable bonds is 12. The van der Waals surface area contributed by atoms with E-state index in [1.165, 1.54) is 24.3 Å². The van der Waals surface area contributed by atoms with Crippen LogP contribution in [0.5, 0.6) is 5.75 Å². The van der Waals surface area contributed by atoms with Crippen molar-refractivity contribution >= 4 is 95.1 Å². The predicted molar refractivity (Wildman–Crippen MR) is 187 cm³/mol. The summed E-state index contributed by atoms with van der Waals surface area (Å²) >= 11 is 0. The molecule has 6 N–H and O–H groups in total. The van der Waals surface area contributed by atoms with Gasteiger partial charge in [0.1, 0.15) is 21.2 Å².